The first-order valence-corrected chi connectivity index (χ1v) is 8.23. The second-order valence-electron chi connectivity index (χ2n) is 6.29. The molecule has 1 aliphatic rings. The Kier molecular flexibility index (Phi) is 8.42. The number of imidazole rings is 1. The lowest BCUT2D eigenvalue weighted by molar-refractivity contribution is -0.137. The van der Waals surface area contributed by atoms with Gasteiger partial charge in [-0.25, -0.2) is 4.98 Å². The minimum Gasteiger partial charge on any atom is -0.342 e. The van der Waals surface area contributed by atoms with Crippen LogP contribution in [0.15, 0.2) is 49.1 Å². The summed E-state index contributed by atoms with van der Waals surface area (Å²) in [7, 11) is 0. The molecule has 0 spiro atoms. The van der Waals surface area contributed by atoms with Gasteiger partial charge in [0, 0.05) is 37.6 Å². The van der Waals surface area contributed by atoms with Crippen molar-refractivity contribution in [2.45, 2.75) is 31.8 Å². The minimum absolute atomic E-state index is 0. The van der Waals surface area contributed by atoms with E-state index in [1.165, 1.54) is 0 Å². The van der Waals surface area contributed by atoms with E-state index < -0.39 is 0 Å². The number of rotatable bonds is 4. The number of likely N-dealkylation sites (tertiary alicyclic amines) is 1. The van der Waals surface area contributed by atoms with E-state index in [1.54, 1.807) is 6.20 Å². The second-order valence-corrected chi connectivity index (χ2v) is 6.29. The van der Waals surface area contributed by atoms with Gasteiger partial charge in [0.05, 0.1) is 12.2 Å². The largest absolute Gasteiger partial charge is 0.342 e. The molecule has 2 heterocycles. The van der Waals surface area contributed by atoms with Gasteiger partial charge in [-0.3, -0.25) is 4.79 Å². The Hall–Kier alpha value is -1.56. The maximum atomic E-state index is 12.7. The summed E-state index contributed by atoms with van der Waals surface area (Å²) >= 11 is 0. The highest BCUT2D eigenvalue weighted by Crippen LogP contribution is 2.26. The SMILES string of the molecule is CC(C(=O)N1CCC(n2ccnc2)CC1)C(N)c1ccccc1.Cl.Cl. The van der Waals surface area contributed by atoms with Gasteiger partial charge in [0.2, 0.25) is 5.91 Å². The van der Waals surface area contributed by atoms with E-state index in [0.29, 0.717) is 6.04 Å². The Morgan fingerprint density at radius 1 is 1.20 bits per heavy atom. The van der Waals surface area contributed by atoms with Gasteiger partial charge in [0.1, 0.15) is 0 Å². The Balaban J connectivity index is 0.00000156. The quantitative estimate of drug-likeness (QED) is 0.879. The van der Waals surface area contributed by atoms with E-state index in [4.69, 9.17) is 5.73 Å². The first kappa shape index (κ1) is 21.5. The molecule has 2 N–H and O–H groups in total. The van der Waals surface area contributed by atoms with Crippen molar-refractivity contribution in [3.05, 3.63) is 54.6 Å². The normalized spacial score (nSPS) is 17.1. The molecule has 2 unspecified atom stereocenters. The molecule has 25 heavy (non-hydrogen) atoms. The average molecular weight is 385 g/mol. The topological polar surface area (TPSA) is 64.2 Å². The van der Waals surface area contributed by atoms with Crippen molar-refractivity contribution < 1.29 is 4.79 Å². The number of aromatic nitrogens is 2. The predicted octanol–water partition coefficient (Wildman–Crippen LogP) is 3.23. The van der Waals surface area contributed by atoms with Crippen LogP contribution in [0, 0.1) is 5.92 Å². The molecular weight excluding hydrogens is 359 g/mol. The highest BCUT2D eigenvalue weighted by Gasteiger charge is 2.29. The standard InChI is InChI=1S/C18H24N4O.2ClH/c1-14(17(19)15-5-3-2-4-6-15)18(23)21-10-7-16(8-11-21)22-12-9-20-13-22;;/h2-6,9,12-14,16-17H,7-8,10-11,19H2,1H3;2*1H. The molecule has 0 saturated carbocycles. The highest BCUT2D eigenvalue weighted by molar-refractivity contribution is 5.85. The summed E-state index contributed by atoms with van der Waals surface area (Å²) in [6, 6.07) is 10.0. The number of hydrogen-bond acceptors (Lipinski definition) is 3. The zero-order valence-electron chi connectivity index (χ0n) is 14.3. The van der Waals surface area contributed by atoms with E-state index >= 15 is 0 Å². The molecule has 1 aliphatic heterocycles. The van der Waals surface area contributed by atoms with E-state index in [9.17, 15) is 4.79 Å². The lowest BCUT2D eigenvalue weighted by Crippen LogP contribution is -2.43. The highest BCUT2D eigenvalue weighted by atomic mass is 35.5. The Labute approximate surface area is 161 Å². The van der Waals surface area contributed by atoms with Crippen LogP contribution in [-0.2, 0) is 4.79 Å². The molecule has 0 aliphatic carbocycles. The van der Waals surface area contributed by atoms with Crippen LogP contribution in [0.1, 0.15) is 37.4 Å². The van der Waals surface area contributed by atoms with Gasteiger partial charge in [0.25, 0.3) is 0 Å². The molecule has 3 rings (SSSR count). The molecule has 1 amide bonds. The number of carbonyl (C=O) groups excluding carboxylic acids is 1. The van der Waals surface area contributed by atoms with Crippen molar-refractivity contribution in [2.75, 3.05) is 13.1 Å². The van der Waals surface area contributed by atoms with Crippen LogP contribution in [0.2, 0.25) is 0 Å². The van der Waals surface area contributed by atoms with Crippen LogP contribution in [0.5, 0.6) is 0 Å². The van der Waals surface area contributed by atoms with Gasteiger partial charge in [0.15, 0.2) is 0 Å². The molecule has 2 atom stereocenters. The molecule has 1 fully saturated rings. The van der Waals surface area contributed by atoms with Crippen molar-refractivity contribution in [3.63, 3.8) is 0 Å². The van der Waals surface area contributed by atoms with Crippen LogP contribution in [0.4, 0.5) is 0 Å². The molecule has 1 aromatic heterocycles. The lowest BCUT2D eigenvalue weighted by atomic mass is 9.93. The minimum atomic E-state index is -0.255. The number of amides is 1. The molecule has 0 bridgehead atoms. The number of nitrogens with two attached hydrogens (primary N) is 1. The fraction of sp³-hybridized carbons (Fsp3) is 0.444. The fourth-order valence-electron chi connectivity index (χ4n) is 3.28. The molecule has 1 aromatic carbocycles. The third-order valence-electron chi connectivity index (χ3n) is 4.84. The van der Waals surface area contributed by atoms with Crippen LogP contribution >= 0.6 is 24.8 Å². The molecule has 1 saturated heterocycles. The van der Waals surface area contributed by atoms with Crippen LogP contribution in [0.25, 0.3) is 0 Å². The molecule has 0 radical (unpaired) electrons. The van der Waals surface area contributed by atoms with Gasteiger partial charge in [-0.2, -0.15) is 0 Å². The maximum Gasteiger partial charge on any atom is 0.227 e. The third-order valence-corrected chi connectivity index (χ3v) is 4.84. The zero-order chi connectivity index (χ0) is 16.2. The zero-order valence-corrected chi connectivity index (χ0v) is 16.0. The van der Waals surface area contributed by atoms with Crippen LogP contribution in [-0.4, -0.2) is 33.4 Å². The average Bonchev–Trinajstić information content (AvgIpc) is 3.15. The summed E-state index contributed by atoms with van der Waals surface area (Å²) in [6.45, 7) is 3.50. The Bertz CT molecular complexity index is 628. The number of nitrogens with zero attached hydrogens (tertiary/aromatic N) is 3. The monoisotopic (exact) mass is 384 g/mol. The van der Waals surface area contributed by atoms with Crippen LogP contribution < -0.4 is 5.73 Å². The van der Waals surface area contributed by atoms with Gasteiger partial charge in [-0.15, -0.1) is 24.8 Å². The molecule has 5 nitrogen and oxygen atoms in total. The van der Waals surface area contributed by atoms with E-state index in [0.717, 1.165) is 31.5 Å². The van der Waals surface area contributed by atoms with Gasteiger partial charge in [-0.1, -0.05) is 37.3 Å². The molecular formula is C18H26Cl2N4O. The number of halogens is 2. The number of piperidine rings is 1. The Morgan fingerprint density at radius 2 is 1.84 bits per heavy atom. The second kappa shape index (κ2) is 9.80. The fourth-order valence-corrected chi connectivity index (χ4v) is 3.28. The first-order chi connectivity index (χ1) is 11.2. The van der Waals surface area contributed by atoms with E-state index in [2.05, 4.69) is 9.55 Å². The summed E-state index contributed by atoms with van der Waals surface area (Å²) in [5, 5.41) is 0. The van der Waals surface area contributed by atoms with Crippen molar-refractivity contribution in [2.24, 2.45) is 11.7 Å². The third kappa shape index (κ3) is 4.97. The van der Waals surface area contributed by atoms with E-state index in [1.807, 2.05) is 54.7 Å². The van der Waals surface area contributed by atoms with Crippen molar-refractivity contribution in [1.82, 2.24) is 14.5 Å². The van der Waals surface area contributed by atoms with Crippen molar-refractivity contribution >= 4 is 30.7 Å². The van der Waals surface area contributed by atoms with Crippen LogP contribution in [0.3, 0.4) is 0 Å². The van der Waals surface area contributed by atoms with Crippen molar-refractivity contribution in [3.8, 4) is 0 Å². The van der Waals surface area contributed by atoms with Crippen molar-refractivity contribution in [1.29, 1.82) is 0 Å². The molecule has 2 aromatic rings. The first-order valence-electron chi connectivity index (χ1n) is 8.23. The molecule has 7 heteroatoms. The summed E-state index contributed by atoms with van der Waals surface area (Å²) in [5.74, 6) is -0.0485. The summed E-state index contributed by atoms with van der Waals surface area (Å²) in [5.41, 5.74) is 7.31. The summed E-state index contributed by atoms with van der Waals surface area (Å²) in [4.78, 5) is 18.8. The van der Waals surface area contributed by atoms with Gasteiger partial charge < -0.3 is 15.2 Å². The van der Waals surface area contributed by atoms with Gasteiger partial charge >= 0.3 is 0 Å². The summed E-state index contributed by atoms with van der Waals surface area (Å²) in [6.07, 6.45) is 7.59. The molecule has 138 valence electrons. The lowest BCUT2D eigenvalue weighted by Gasteiger charge is -2.35. The van der Waals surface area contributed by atoms with Gasteiger partial charge in [-0.05, 0) is 18.4 Å². The summed E-state index contributed by atoms with van der Waals surface area (Å²) < 4.78 is 2.14. The maximum absolute atomic E-state index is 12.7. The number of carbonyl (C=O) groups is 1. The van der Waals surface area contributed by atoms with E-state index in [-0.39, 0.29) is 42.7 Å². The number of hydrogen-bond donors (Lipinski definition) is 1. The number of benzene rings is 1. The Morgan fingerprint density at radius 3 is 2.40 bits per heavy atom. The smallest absolute Gasteiger partial charge is 0.227 e. The predicted molar refractivity (Wildman–Crippen MR) is 104 cm³/mol.